The van der Waals surface area contributed by atoms with Crippen molar-refractivity contribution in [2.45, 2.75) is 52.4 Å². The van der Waals surface area contributed by atoms with Gasteiger partial charge in [-0.05, 0) is 118 Å². The van der Waals surface area contributed by atoms with Crippen molar-refractivity contribution >= 4 is 67.0 Å². The van der Waals surface area contributed by atoms with Crippen LogP contribution in [0.15, 0.2) is 175 Å². The summed E-state index contributed by atoms with van der Waals surface area (Å²) in [6.07, 6.45) is 1.89. The smallest absolute Gasteiger partial charge is 0.153 e. The third-order valence-electron chi connectivity index (χ3n) is 11.7. The van der Waals surface area contributed by atoms with Gasteiger partial charge in [-0.15, -0.1) is 22.7 Å². The van der Waals surface area contributed by atoms with Crippen molar-refractivity contribution in [2.24, 2.45) is 4.99 Å². The van der Waals surface area contributed by atoms with Crippen molar-refractivity contribution in [3.05, 3.63) is 204 Å². The number of nitrogens with zero attached hydrogens (tertiary/aromatic N) is 3. The van der Waals surface area contributed by atoms with E-state index in [4.69, 9.17) is 20.8 Å². The number of nitrogens with two attached hydrogens (primary N) is 1. The van der Waals surface area contributed by atoms with Crippen molar-refractivity contribution in [2.75, 3.05) is 5.73 Å². The van der Waals surface area contributed by atoms with E-state index in [0.717, 1.165) is 71.9 Å². The number of rotatable bonds is 7. The number of carbonyl (C=O) groups excluding carboxylic acids is 1. The van der Waals surface area contributed by atoms with Gasteiger partial charge in [0, 0.05) is 39.7 Å². The summed E-state index contributed by atoms with van der Waals surface area (Å²) in [4.78, 5) is 24.7. The lowest BCUT2D eigenvalue weighted by atomic mass is 9.85. The highest BCUT2D eigenvalue weighted by Crippen LogP contribution is 2.43. The standard InChI is InChI=1S/C30H25FN2OS.C23H22N2S.C7H5FO2/c1-30(2,3)21-16-24(19-9-5-4-6-10-19)28-27(17-21)35-29(33-28)23-11-7-8-12-25(23)32-18-20-15-22(31)13-14-26(20)34;1-23(2,3)16-13-18(15-9-5-4-6-10-15)21-20(14-16)26-22(25-21)17-11-7-8-12-19(17)24;8-6-1-2-7(10)5(3-6)4-9/h4-18,34H,1-3H3;4-14H,24H2,1-3H3;1-4,10H. The molecule has 10 aromatic rings. The van der Waals surface area contributed by atoms with Gasteiger partial charge < -0.3 is 15.9 Å². The number of aromatic nitrogens is 2. The van der Waals surface area contributed by atoms with Crippen LogP contribution in [0.3, 0.4) is 0 Å². The van der Waals surface area contributed by atoms with E-state index < -0.39 is 11.6 Å². The van der Waals surface area contributed by atoms with Crippen molar-refractivity contribution in [1.29, 1.82) is 0 Å². The molecule has 0 saturated heterocycles. The molecule has 4 N–H and O–H groups in total. The normalized spacial score (nSPS) is 11.5. The van der Waals surface area contributed by atoms with E-state index in [2.05, 4.69) is 107 Å². The first-order valence-corrected chi connectivity index (χ1v) is 24.5. The van der Waals surface area contributed by atoms with Crippen LogP contribution in [0.5, 0.6) is 11.5 Å². The fourth-order valence-electron chi connectivity index (χ4n) is 7.68. The molecule has 2 heterocycles. The first kappa shape index (κ1) is 49.6. The molecule has 8 aromatic carbocycles. The minimum atomic E-state index is -0.528. The van der Waals surface area contributed by atoms with Gasteiger partial charge in [0.2, 0.25) is 0 Å². The van der Waals surface area contributed by atoms with Gasteiger partial charge in [0.05, 0.1) is 31.7 Å². The van der Waals surface area contributed by atoms with Crippen molar-refractivity contribution < 1.29 is 23.8 Å². The number of para-hydroxylation sites is 2. The predicted molar refractivity (Wildman–Crippen MR) is 292 cm³/mol. The molecule has 0 bridgehead atoms. The Labute approximate surface area is 420 Å². The quantitative estimate of drug-likeness (QED) is 0.0831. The van der Waals surface area contributed by atoms with Gasteiger partial charge in [0.25, 0.3) is 0 Å². The molecule has 0 fully saturated rings. The van der Waals surface area contributed by atoms with Crippen molar-refractivity contribution in [3.63, 3.8) is 0 Å². The van der Waals surface area contributed by atoms with E-state index in [1.165, 1.54) is 51.4 Å². The van der Waals surface area contributed by atoms with Crippen molar-refractivity contribution in [3.8, 4) is 54.9 Å². The Kier molecular flexibility index (Phi) is 14.7. The molecule has 356 valence electrons. The number of aliphatic imine (C=N–C) groups is 1. The lowest BCUT2D eigenvalue weighted by Gasteiger charge is -2.20. The molecule has 11 heteroatoms. The highest BCUT2D eigenvalue weighted by Gasteiger charge is 2.22. The maximum Gasteiger partial charge on any atom is 0.153 e. The number of hydrogen-bond acceptors (Lipinski definition) is 9. The Hall–Kier alpha value is -7.86. The van der Waals surface area contributed by atoms with Crippen LogP contribution in [0, 0.1) is 11.6 Å². The maximum absolute atomic E-state index is 13.6. The number of phenols is 2. The molecule has 0 aliphatic carbocycles. The molecule has 0 amide bonds. The van der Waals surface area contributed by atoms with E-state index in [-0.39, 0.29) is 27.9 Å². The van der Waals surface area contributed by atoms with Crippen LogP contribution in [-0.4, -0.2) is 32.7 Å². The Morgan fingerprint density at radius 3 is 1.44 bits per heavy atom. The van der Waals surface area contributed by atoms with Crippen LogP contribution >= 0.6 is 22.7 Å². The first-order valence-electron chi connectivity index (χ1n) is 22.9. The molecule has 2 aromatic heterocycles. The Morgan fingerprint density at radius 1 is 0.521 bits per heavy atom. The number of fused-ring (bicyclic) bond motifs is 2. The van der Waals surface area contributed by atoms with Crippen LogP contribution in [0.2, 0.25) is 0 Å². The molecule has 0 aliphatic rings. The van der Waals surface area contributed by atoms with Gasteiger partial charge in [-0.3, -0.25) is 9.79 Å². The van der Waals surface area contributed by atoms with Gasteiger partial charge in [-0.2, -0.15) is 0 Å². The number of benzene rings is 8. The van der Waals surface area contributed by atoms with Gasteiger partial charge in [-0.25, -0.2) is 18.7 Å². The number of halogens is 2. The Bertz CT molecular complexity index is 3540. The largest absolute Gasteiger partial charge is 0.507 e. The number of carbonyl (C=O) groups is 1. The minimum absolute atomic E-state index is 0.00294. The SMILES string of the molecule is CC(C)(C)c1cc(-c2ccccc2)c2nc(-c3ccccc3N)sc2c1.CC(C)(C)c1cc(-c2ccccc2)c2nc(-c3ccccc3N=Cc3cc(F)ccc3O)sc2c1.O=Cc1cc(F)ccc1O. The lowest BCUT2D eigenvalue weighted by Crippen LogP contribution is -2.11. The highest BCUT2D eigenvalue weighted by molar-refractivity contribution is 7.22. The molecule has 0 unspecified atom stereocenters. The predicted octanol–water partition coefficient (Wildman–Crippen LogP) is 16.4. The second kappa shape index (κ2) is 21.0. The summed E-state index contributed by atoms with van der Waals surface area (Å²) >= 11 is 3.35. The fourth-order valence-corrected chi connectivity index (χ4v) is 9.82. The summed E-state index contributed by atoms with van der Waals surface area (Å²) in [6.45, 7) is 13.4. The summed E-state index contributed by atoms with van der Waals surface area (Å²) in [5, 5.41) is 20.7. The molecule has 0 saturated carbocycles. The van der Waals surface area contributed by atoms with Crippen molar-refractivity contribution in [1.82, 2.24) is 9.97 Å². The van der Waals surface area contributed by atoms with Gasteiger partial charge >= 0.3 is 0 Å². The molecular formula is C60H52F2N4O3S2. The molecule has 0 spiro atoms. The molecule has 71 heavy (non-hydrogen) atoms. The summed E-state index contributed by atoms with van der Waals surface area (Å²) < 4.78 is 28.2. The topological polar surface area (TPSA) is 122 Å². The zero-order chi connectivity index (χ0) is 50.5. The van der Waals surface area contributed by atoms with Gasteiger partial charge in [0.1, 0.15) is 33.1 Å². The number of aldehydes is 1. The number of phenolic OH excluding ortho intramolecular Hbond substituents is 2. The second-order valence-corrected chi connectivity index (χ2v) is 21.0. The number of aromatic hydroxyl groups is 2. The van der Waals surface area contributed by atoms with Crippen LogP contribution in [-0.2, 0) is 10.8 Å². The van der Waals surface area contributed by atoms with E-state index in [9.17, 15) is 18.7 Å². The highest BCUT2D eigenvalue weighted by atomic mass is 32.1. The molecule has 0 aliphatic heterocycles. The summed E-state index contributed by atoms with van der Waals surface area (Å²) in [6, 6.07) is 52.6. The summed E-state index contributed by atoms with van der Waals surface area (Å²) in [7, 11) is 0. The zero-order valence-electron chi connectivity index (χ0n) is 40.1. The lowest BCUT2D eigenvalue weighted by molar-refractivity contribution is 0.112. The third-order valence-corrected chi connectivity index (χ3v) is 13.7. The zero-order valence-corrected chi connectivity index (χ0v) is 41.7. The Morgan fingerprint density at radius 2 is 0.958 bits per heavy atom. The number of hydrogen-bond donors (Lipinski definition) is 3. The number of thiazole rings is 2. The van der Waals surface area contributed by atoms with Gasteiger partial charge in [-0.1, -0.05) is 126 Å². The van der Waals surface area contributed by atoms with Crippen LogP contribution < -0.4 is 5.73 Å². The Balaban J connectivity index is 0.000000164. The van der Waals surface area contributed by atoms with E-state index in [0.29, 0.717) is 17.5 Å². The molecule has 0 atom stereocenters. The number of anilines is 1. The monoisotopic (exact) mass is 978 g/mol. The third kappa shape index (κ3) is 11.6. The van der Waals surface area contributed by atoms with E-state index in [1.807, 2.05) is 72.8 Å². The maximum atomic E-state index is 13.6. The van der Waals surface area contributed by atoms with E-state index >= 15 is 0 Å². The summed E-state index contributed by atoms with van der Waals surface area (Å²) in [5.74, 6) is -1.17. The minimum Gasteiger partial charge on any atom is -0.507 e. The van der Waals surface area contributed by atoms with Crippen LogP contribution in [0.25, 0.3) is 63.8 Å². The average Bonchev–Trinajstić information content (AvgIpc) is 4.00. The number of nitrogen functional groups attached to an aromatic ring is 1. The van der Waals surface area contributed by atoms with E-state index in [1.54, 1.807) is 22.7 Å². The molecule has 0 radical (unpaired) electrons. The summed E-state index contributed by atoms with van der Waals surface area (Å²) in [5.41, 5.74) is 19.1. The molecular weight excluding hydrogens is 927 g/mol. The first-order chi connectivity index (χ1) is 34.0. The molecule has 10 rings (SSSR count). The van der Waals surface area contributed by atoms with Crippen LogP contribution in [0.1, 0.15) is 68.6 Å². The fraction of sp³-hybridized carbons (Fsp3) is 0.133. The van der Waals surface area contributed by atoms with Gasteiger partial charge in [0.15, 0.2) is 6.29 Å². The average molecular weight is 979 g/mol. The molecule has 7 nitrogen and oxygen atoms in total. The van der Waals surface area contributed by atoms with Crippen LogP contribution in [0.4, 0.5) is 20.2 Å². The second-order valence-electron chi connectivity index (χ2n) is 18.9.